The second-order valence-corrected chi connectivity index (χ2v) is 13.9. The SMILES string of the molecule is c1ccc(-c2nc(-c3ccc(-c4ccc5c(c4)sc4ccccc45)cc3)nc(-c3cccc4ccc(-c5cccc6ccccc56)cc34)n2)cc1. The molecule has 238 valence electrons. The number of benzene rings is 8. The molecule has 0 saturated heterocycles. The van der Waals surface area contributed by atoms with Crippen LogP contribution in [-0.4, -0.2) is 15.0 Å². The molecule has 2 aromatic heterocycles. The Morgan fingerprint density at radius 2 is 0.863 bits per heavy atom. The zero-order valence-electron chi connectivity index (χ0n) is 27.5. The van der Waals surface area contributed by atoms with Gasteiger partial charge in [-0.05, 0) is 62.0 Å². The van der Waals surface area contributed by atoms with Crippen LogP contribution in [0.15, 0.2) is 176 Å². The Bertz CT molecular complexity index is 2900. The molecule has 8 aromatic carbocycles. The largest absolute Gasteiger partial charge is 0.208 e. The van der Waals surface area contributed by atoms with Crippen LogP contribution in [0.5, 0.6) is 0 Å². The van der Waals surface area contributed by atoms with Crippen LogP contribution in [0, 0.1) is 0 Å². The number of fused-ring (bicyclic) bond motifs is 5. The van der Waals surface area contributed by atoms with Crippen LogP contribution >= 0.6 is 11.3 Å². The lowest BCUT2D eigenvalue weighted by atomic mass is 9.94. The second kappa shape index (κ2) is 12.1. The topological polar surface area (TPSA) is 38.7 Å². The Morgan fingerprint density at radius 1 is 0.294 bits per heavy atom. The Labute approximate surface area is 299 Å². The lowest BCUT2D eigenvalue weighted by Crippen LogP contribution is -2.00. The van der Waals surface area contributed by atoms with E-state index in [4.69, 9.17) is 15.0 Å². The number of rotatable bonds is 5. The van der Waals surface area contributed by atoms with Gasteiger partial charge in [-0.25, -0.2) is 15.0 Å². The summed E-state index contributed by atoms with van der Waals surface area (Å²) in [5.74, 6) is 1.95. The molecule has 0 aliphatic carbocycles. The van der Waals surface area contributed by atoms with Gasteiger partial charge in [0.1, 0.15) is 0 Å². The monoisotopic (exact) mass is 667 g/mol. The molecule has 0 radical (unpaired) electrons. The number of hydrogen-bond acceptors (Lipinski definition) is 4. The fraction of sp³-hybridized carbons (Fsp3) is 0. The Morgan fingerprint density at radius 3 is 1.69 bits per heavy atom. The van der Waals surface area contributed by atoms with Gasteiger partial charge in [-0.15, -0.1) is 11.3 Å². The predicted octanol–water partition coefficient (Wildman–Crippen LogP) is 12.9. The van der Waals surface area contributed by atoms with Gasteiger partial charge in [-0.2, -0.15) is 0 Å². The molecule has 0 bridgehead atoms. The minimum Gasteiger partial charge on any atom is -0.208 e. The van der Waals surface area contributed by atoms with Gasteiger partial charge < -0.3 is 0 Å². The summed E-state index contributed by atoms with van der Waals surface area (Å²) >= 11 is 1.84. The maximum atomic E-state index is 5.15. The smallest absolute Gasteiger partial charge is 0.164 e. The first-order valence-corrected chi connectivity index (χ1v) is 17.9. The summed E-state index contributed by atoms with van der Waals surface area (Å²) in [7, 11) is 0. The Kier molecular flexibility index (Phi) is 7.00. The van der Waals surface area contributed by atoms with Gasteiger partial charge >= 0.3 is 0 Å². The summed E-state index contributed by atoms with van der Waals surface area (Å²) in [6, 6.07) is 62.2. The van der Waals surface area contributed by atoms with Crippen LogP contribution in [0.25, 0.3) is 98.1 Å². The van der Waals surface area contributed by atoms with Crippen molar-refractivity contribution in [1.82, 2.24) is 15.0 Å². The summed E-state index contributed by atoms with van der Waals surface area (Å²) < 4.78 is 2.61. The quantitative estimate of drug-likeness (QED) is 0.183. The highest BCUT2D eigenvalue weighted by molar-refractivity contribution is 7.25. The summed E-state index contributed by atoms with van der Waals surface area (Å²) in [5.41, 5.74) is 7.59. The average molecular weight is 668 g/mol. The average Bonchev–Trinajstić information content (AvgIpc) is 3.58. The number of nitrogens with zero attached hydrogens (tertiary/aromatic N) is 3. The van der Waals surface area contributed by atoms with Crippen molar-refractivity contribution < 1.29 is 0 Å². The molecule has 0 unspecified atom stereocenters. The maximum Gasteiger partial charge on any atom is 0.164 e. The first kappa shape index (κ1) is 29.4. The van der Waals surface area contributed by atoms with Crippen molar-refractivity contribution in [3.63, 3.8) is 0 Å². The highest BCUT2D eigenvalue weighted by Gasteiger charge is 2.16. The molecule has 0 aliphatic heterocycles. The van der Waals surface area contributed by atoms with E-state index < -0.39 is 0 Å². The van der Waals surface area contributed by atoms with E-state index in [0.717, 1.165) is 38.6 Å². The van der Waals surface area contributed by atoms with E-state index in [9.17, 15) is 0 Å². The van der Waals surface area contributed by atoms with E-state index in [1.165, 1.54) is 42.1 Å². The van der Waals surface area contributed by atoms with Crippen LogP contribution in [0.1, 0.15) is 0 Å². The fourth-order valence-corrected chi connectivity index (χ4v) is 8.32. The van der Waals surface area contributed by atoms with Gasteiger partial charge in [0.05, 0.1) is 0 Å². The molecule has 2 heterocycles. The summed E-state index contributed by atoms with van der Waals surface area (Å²) in [5, 5.41) is 7.32. The number of aromatic nitrogens is 3. The van der Waals surface area contributed by atoms with Gasteiger partial charge in [-0.3, -0.25) is 0 Å². The van der Waals surface area contributed by atoms with Crippen molar-refractivity contribution in [1.29, 1.82) is 0 Å². The highest BCUT2D eigenvalue weighted by atomic mass is 32.1. The maximum absolute atomic E-state index is 5.15. The minimum absolute atomic E-state index is 0.646. The molecule has 0 saturated carbocycles. The van der Waals surface area contributed by atoms with E-state index >= 15 is 0 Å². The molecule has 4 heteroatoms. The van der Waals surface area contributed by atoms with E-state index in [-0.39, 0.29) is 0 Å². The lowest BCUT2D eigenvalue weighted by Gasteiger charge is -2.12. The zero-order valence-corrected chi connectivity index (χ0v) is 28.3. The molecule has 51 heavy (non-hydrogen) atoms. The molecule has 3 nitrogen and oxygen atoms in total. The van der Waals surface area contributed by atoms with Gasteiger partial charge in [0, 0.05) is 36.9 Å². The molecule has 0 fully saturated rings. The molecule has 0 N–H and O–H groups in total. The lowest BCUT2D eigenvalue weighted by molar-refractivity contribution is 1.08. The molecule has 0 amide bonds. The van der Waals surface area contributed by atoms with Crippen molar-refractivity contribution in [2.24, 2.45) is 0 Å². The molecule has 10 rings (SSSR count). The Hall–Kier alpha value is -6.49. The molecule has 0 aliphatic rings. The van der Waals surface area contributed by atoms with Crippen molar-refractivity contribution in [2.75, 3.05) is 0 Å². The van der Waals surface area contributed by atoms with Crippen LogP contribution in [-0.2, 0) is 0 Å². The van der Waals surface area contributed by atoms with Crippen LogP contribution in [0.2, 0.25) is 0 Å². The fourth-order valence-electron chi connectivity index (χ4n) is 7.17. The standard InChI is InChI=1S/C47H29N3S/c1-2-11-33(12-3-1)45-48-46(34-23-20-30(21-24-34)35-26-27-40-39-16-6-7-19-43(39)51-44(40)29-35)50-47(49-45)41-18-9-14-32-22-25-36(28-42(32)41)38-17-8-13-31-10-4-5-15-37(31)38/h1-29H. The number of hydrogen-bond donors (Lipinski definition) is 0. The Balaban J connectivity index is 1.09. The summed E-state index contributed by atoms with van der Waals surface area (Å²) in [6.07, 6.45) is 0. The van der Waals surface area contributed by atoms with Crippen molar-refractivity contribution in [3.05, 3.63) is 176 Å². The van der Waals surface area contributed by atoms with Crippen LogP contribution in [0.4, 0.5) is 0 Å². The zero-order chi connectivity index (χ0) is 33.7. The predicted molar refractivity (Wildman–Crippen MR) is 215 cm³/mol. The van der Waals surface area contributed by atoms with Crippen LogP contribution < -0.4 is 0 Å². The molecule has 0 spiro atoms. The van der Waals surface area contributed by atoms with Gasteiger partial charge in [0.2, 0.25) is 0 Å². The third-order valence-electron chi connectivity index (χ3n) is 9.75. The third kappa shape index (κ3) is 5.25. The second-order valence-electron chi connectivity index (χ2n) is 12.8. The molecular formula is C47H29N3S. The van der Waals surface area contributed by atoms with E-state index in [1.54, 1.807) is 0 Å². The summed E-state index contributed by atoms with van der Waals surface area (Å²) in [4.78, 5) is 15.3. The third-order valence-corrected chi connectivity index (χ3v) is 10.9. The molecular weight excluding hydrogens is 639 g/mol. The summed E-state index contributed by atoms with van der Waals surface area (Å²) in [6.45, 7) is 0. The highest BCUT2D eigenvalue weighted by Crippen LogP contribution is 2.38. The number of thiophene rings is 1. The van der Waals surface area contributed by atoms with Gasteiger partial charge in [0.25, 0.3) is 0 Å². The van der Waals surface area contributed by atoms with Crippen LogP contribution in [0.3, 0.4) is 0 Å². The van der Waals surface area contributed by atoms with Gasteiger partial charge in [-0.1, -0.05) is 158 Å². The first-order valence-electron chi connectivity index (χ1n) is 17.1. The minimum atomic E-state index is 0.646. The van der Waals surface area contributed by atoms with Crippen molar-refractivity contribution >= 4 is 53.1 Å². The molecule has 0 atom stereocenters. The van der Waals surface area contributed by atoms with Gasteiger partial charge in [0.15, 0.2) is 17.5 Å². The molecule has 10 aromatic rings. The van der Waals surface area contributed by atoms with E-state index in [2.05, 4.69) is 158 Å². The first-order chi connectivity index (χ1) is 25.2. The van der Waals surface area contributed by atoms with E-state index in [0.29, 0.717) is 17.5 Å². The van der Waals surface area contributed by atoms with E-state index in [1.807, 2.05) is 29.5 Å². The van der Waals surface area contributed by atoms with Crippen molar-refractivity contribution in [2.45, 2.75) is 0 Å². The normalized spacial score (nSPS) is 11.5. The van der Waals surface area contributed by atoms with Crippen molar-refractivity contribution in [3.8, 4) is 56.4 Å².